The fourth-order valence-electron chi connectivity index (χ4n) is 9.27. The maximum atomic E-state index is 5.30. The molecule has 1 aliphatic heterocycles. The molecule has 10 rings (SSSR count). The molecule has 1 heterocycles. The topological polar surface area (TPSA) is 24.4 Å². The van der Waals surface area contributed by atoms with Gasteiger partial charge in [0.1, 0.15) is 6.17 Å². The lowest BCUT2D eigenvalue weighted by Gasteiger charge is -2.46. The smallest absolute Gasteiger partial charge is 0.145 e. The van der Waals surface area contributed by atoms with E-state index in [1.807, 2.05) is 0 Å². The summed E-state index contributed by atoms with van der Waals surface area (Å²) in [7, 11) is 0. The van der Waals surface area contributed by atoms with Crippen molar-refractivity contribution in [2.75, 3.05) is 0 Å². The number of hydrogen-bond acceptors (Lipinski definition) is 2. The molecule has 0 amide bonds. The van der Waals surface area contributed by atoms with Gasteiger partial charge in [-0.3, -0.25) is 4.99 Å². The first-order chi connectivity index (χ1) is 25.5. The standard InChI is InChI=1S/C50H38N2/c1-49(2)40-26-11-13-28-42(40)50(43-29-14-12-27-41(43)49)39-25-10-9-23-38(39)47-37(24-16-30-44(47)50)35-21-15-22-36(31-35)48-51-45(33-17-5-3-6-18-33)32-46(52-48)34-19-7-4-8-20-34/h3-32,48,51H,1-2H3. The zero-order valence-electron chi connectivity index (χ0n) is 29.3. The molecule has 7 aromatic carbocycles. The van der Waals surface area contributed by atoms with E-state index in [0.29, 0.717) is 0 Å². The predicted molar refractivity (Wildman–Crippen MR) is 215 cm³/mol. The highest BCUT2D eigenvalue weighted by Crippen LogP contribution is 2.63. The third kappa shape index (κ3) is 4.40. The minimum Gasteiger partial charge on any atom is -0.360 e. The molecule has 0 saturated heterocycles. The molecule has 7 aromatic rings. The number of benzene rings is 7. The Hall–Kier alpha value is -6.25. The third-order valence-corrected chi connectivity index (χ3v) is 11.6. The van der Waals surface area contributed by atoms with Gasteiger partial charge in [-0.1, -0.05) is 184 Å². The minimum atomic E-state index is -0.419. The summed E-state index contributed by atoms with van der Waals surface area (Å²) in [6, 6.07) is 64.4. The van der Waals surface area contributed by atoms with Crippen LogP contribution in [0.2, 0.25) is 0 Å². The molecule has 1 atom stereocenters. The molecular weight excluding hydrogens is 629 g/mol. The lowest BCUT2D eigenvalue weighted by atomic mass is 9.55. The molecule has 52 heavy (non-hydrogen) atoms. The second kappa shape index (κ2) is 11.6. The Balaban J connectivity index is 1.16. The summed E-state index contributed by atoms with van der Waals surface area (Å²) in [5.74, 6) is 0. The van der Waals surface area contributed by atoms with Crippen LogP contribution in [0.1, 0.15) is 70.1 Å². The van der Waals surface area contributed by atoms with Crippen LogP contribution < -0.4 is 5.32 Å². The third-order valence-electron chi connectivity index (χ3n) is 11.6. The van der Waals surface area contributed by atoms with Gasteiger partial charge >= 0.3 is 0 Å². The summed E-state index contributed by atoms with van der Waals surface area (Å²) in [5, 5.41) is 3.78. The van der Waals surface area contributed by atoms with Crippen LogP contribution in [0, 0.1) is 0 Å². The molecule has 0 radical (unpaired) electrons. The summed E-state index contributed by atoms with van der Waals surface area (Å²) < 4.78 is 0. The first kappa shape index (κ1) is 30.6. The molecular formula is C50H38N2. The normalized spacial score (nSPS) is 17.2. The highest BCUT2D eigenvalue weighted by atomic mass is 15.1. The van der Waals surface area contributed by atoms with Crippen LogP contribution >= 0.6 is 0 Å². The molecule has 248 valence electrons. The average Bonchev–Trinajstić information content (AvgIpc) is 3.52. The lowest BCUT2D eigenvalue weighted by Crippen LogP contribution is -2.40. The maximum absolute atomic E-state index is 5.30. The van der Waals surface area contributed by atoms with Crippen molar-refractivity contribution in [2.45, 2.75) is 30.8 Å². The van der Waals surface area contributed by atoms with E-state index < -0.39 is 5.41 Å². The van der Waals surface area contributed by atoms with E-state index in [9.17, 15) is 0 Å². The van der Waals surface area contributed by atoms with Crippen LogP contribution in [-0.4, -0.2) is 5.71 Å². The molecule has 1 unspecified atom stereocenters. The Kier molecular flexibility index (Phi) is 6.85. The minimum absolute atomic E-state index is 0.124. The van der Waals surface area contributed by atoms with Crippen molar-refractivity contribution in [1.82, 2.24) is 5.32 Å². The fraction of sp³-hybridized carbons (Fsp3) is 0.100. The fourth-order valence-corrected chi connectivity index (χ4v) is 9.27. The second-order valence-electron chi connectivity index (χ2n) is 14.7. The van der Waals surface area contributed by atoms with Crippen molar-refractivity contribution in [3.8, 4) is 22.3 Å². The molecule has 0 fully saturated rings. The van der Waals surface area contributed by atoms with E-state index in [2.05, 4.69) is 201 Å². The highest BCUT2D eigenvalue weighted by Gasteiger charge is 2.53. The predicted octanol–water partition coefficient (Wildman–Crippen LogP) is 11.5. The summed E-state index contributed by atoms with van der Waals surface area (Å²) >= 11 is 0. The number of fused-ring (bicyclic) bond motifs is 9. The SMILES string of the molecule is CC1(C)c2ccccc2C2(c3ccccc3-c3c(-c4cccc(C5N=C(c6ccccc6)C=C(c6ccccc6)N5)c4)cccc32)c2ccccc21. The van der Waals surface area contributed by atoms with Crippen molar-refractivity contribution in [2.24, 2.45) is 4.99 Å². The van der Waals surface area contributed by atoms with Crippen molar-refractivity contribution in [1.29, 1.82) is 0 Å². The molecule has 1 N–H and O–H groups in total. The second-order valence-corrected chi connectivity index (χ2v) is 14.7. The van der Waals surface area contributed by atoms with Gasteiger partial charge in [-0.25, -0.2) is 0 Å². The van der Waals surface area contributed by atoms with E-state index in [0.717, 1.165) is 28.1 Å². The van der Waals surface area contributed by atoms with Gasteiger partial charge in [0.25, 0.3) is 0 Å². The van der Waals surface area contributed by atoms with Crippen LogP contribution in [0.4, 0.5) is 0 Å². The Bertz CT molecular complexity index is 2520. The van der Waals surface area contributed by atoms with Crippen LogP contribution in [0.3, 0.4) is 0 Å². The number of rotatable bonds is 4. The van der Waals surface area contributed by atoms with Crippen molar-refractivity contribution >= 4 is 11.4 Å². The van der Waals surface area contributed by atoms with Crippen LogP contribution in [0.5, 0.6) is 0 Å². The van der Waals surface area contributed by atoms with Gasteiger partial charge < -0.3 is 5.32 Å². The summed E-state index contributed by atoms with van der Waals surface area (Å²) in [5.41, 5.74) is 18.2. The highest BCUT2D eigenvalue weighted by molar-refractivity contribution is 6.13. The number of aliphatic imine (C=N–C) groups is 1. The number of hydrogen-bond donors (Lipinski definition) is 1. The van der Waals surface area contributed by atoms with E-state index in [1.54, 1.807) is 0 Å². The van der Waals surface area contributed by atoms with E-state index >= 15 is 0 Å². The Morgan fingerprint density at radius 1 is 0.462 bits per heavy atom. The summed E-state index contributed by atoms with van der Waals surface area (Å²) in [6.07, 6.45) is 1.93. The molecule has 2 heteroatoms. The largest absolute Gasteiger partial charge is 0.360 e. The first-order valence-electron chi connectivity index (χ1n) is 18.3. The van der Waals surface area contributed by atoms with E-state index in [-0.39, 0.29) is 11.6 Å². The van der Waals surface area contributed by atoms with Gasteiger partial charge in [-0.2, -0.15) is 0 Å². The monoisotopic (exact) mass is 666 g/mol. The zero-order valence-corrected chi connectivity index (χ0v) is 29.3. The molecule has 2 aliphatic carbocycles. The van der Waals surface area contributed by atoms with Crippen molar-refractivity contribution in [3.05, 3.63) is 232 Å². The molecule has 2 nitrogen and oxygen atoms in total. The van der Waals surface area contributed by atoms with Gasteiger partial charge in [0.2, 0.25) is 0 Å². The summed E-state index contributed by atoms with van der Waals surface area (Å²) in [6.45, 7) is 4.76. The Morgan fingerprint density at radius 2 is 0.981 bits per heavy atom. The lowest BCUT2D eigenvalue weighted by molar-refractivity contribution is 0.563. The molecule has 0 bridgehead atoms. The van der Waals surface area contributed by atoms with Crippen molar-refractivity contribution < 1.29 is 0 Å². The number of nitrogens with one attached hydrogen (secondary N) is 1. The van der Waals surface area contributed by atoms with Gasteiger partial charge in [-0.15, -0.1) is 0 Å². The van der Waals surface area contributed by atoms with E-state index in [1.165, 1.54) is 55.6 Å². The van der Waals surface area contributed by atoms with Gasteiger partial charge in [0, 0.05) is 11.1 Å². The Labute approximate surface area is 305 Å². The van der Waals surface area contributed by atoms with Crippen LogP contribution in [-0.2, 0) is 10.8 Å². The van der Waals surface area contributed by atoms with E-state index in [4.69, 9.17) is 4.99 Å². The van der Waals surface area contributed by atoms with Gasteiger partial charge in [0.05, 0.1) is 11.1 Å². The zero-order chi connectivity index (χ0) is 34.9. The maximum Gasteiger partial charge on any atom is 0.145 e. The number of allylic oxidation sites excluding steroid dienone is 1. The Morgan fingerprint density at radius 3 is 1.67 bits per heavy atom. The first-order valence-corrected chi connectivity index (χ1v) is 18.3. The van der Waals surface area contributed by atoms with Crippen molar-refractivity contribution in [3.63, 3.8) is 0 Å². The molecule has 0 saturated carbocycles. The van der Waals surface area contributed by atoms with Crippen LogP contribution in [0.15, 0.2) is 187 Å². The van der Waals surface area contributed by atoms with Crippen LogP contribution in [0.25, 0.3) is 28.0 Å². The molecule has 0 aromatic heterocycles. The number of nitrogens with zero attached hydrogens (tertiary/aromatic N) is 1. The molecule has 1 spiro atoms. The average molecular weight is 667 g/mol. The van der Waals surface area contributed by atoms with Gasteiger partial charge in [-0.05, 0) is 84.5 Å². The summed E-state index contributed by atoms with van der Waals surface area (Å²) in [4.78, 5) is 5.30. The quantitative estimate of drug-likeness (QED) is 0.199. The molecule has 3 aliphatic rings. The van der Waals surface area contributed by atoms with Gasteiger partial charge in [0.15, 0.2) is 0 Å².